The molecule has 25 heavy (non-hydrogen) atoms. The third kappa shape index (κ3) is 3.10. The van der Waals surface area contributed by atoms with E-state index in [4.69, 9.17) is 0 Å². The molecule has 6 nitrogen and oxygen atoms in total. The van der Waals surface area contributed by atoms with Gasteiger partial charge in [0, 0.05) is 18.8 Å². The van der Waals surface area contributed by atoms with Crippen LogP contribution in [0.25, 0.3) is 0 Å². The van der Waals surface area contributed by atoms with Crippen LogP contribution in [0.4, 0.5) is 0 Å². The van der Waals surface area contributed by atoms with Gasteiger partial charge in [-0.3, -0.25) is 14.4 Å². The van der Waals surface area contributed by atoms with E-state index in [1.165, 1.54) is 12.8 Å². The van der Waals surface area contributed by atoms with E-state index < -0.39 is 0 Å². The number of rotatable bonds is 5. The molecule has 2 aliphatic carbocycles. The summed E-state index contributed by atoms with van der Waals surface area (Å²) in [7, 11) is 1.90. The number of carbonyl (C=O) groups excluding carboxylic acids is 1. The molecule has 0 aromatic carbocycles. The van der Waals surface area contributed by atoms with E-state index in [0.29, 0.717) is 5.92 Å². The molecule has 2 N–H and O–H groups in total. The van der Waals surface area contributed by atoms with Crippen LogP contribution in [0.5, 0.6) is 0 Å². The van der Waals surface area contributed by atoms with Crippen LogP contribution in [0.2, 0.25) is 0 Å². The summed E-state index contributed by atoms with van der Waals surface area (Å²) in [5.41, 5.74) is 0.751. The minimum atomic E-state index is -0.306. The van der Waals surface area contributed by atoms with E-state index in [9.17, 15) is 9.90 Å². The standard InChI is InChI=1S/C19H30N4O2/c1-22-13-15(12-20-22)17(14-10-16(24)11-14)21-18(25)19(6-2-3-7-19)23-8-4-5-9-23/h12-14,16-17,24H,2-11H2,1H3,(H,21,25). The molecule has 0 bridgehead atoms. The number of aliphatic hydroxyl groups excluding tert-OH is 1. The van der Waals surface area contributed by atoms with Crippen molar-refractivity contribution in [2.24, 2.45) is 13.0 Å². The summed E-state index contributed by atoms with van der Waals surface area (Å²) in [4.78, 5) is 15.9. The van der Waals surface area contributed by atoms with Crippen LogP contribution in [0.3, 0.4) is 0 Å². The summed E-state index contributed by atoms with van der Waals surface area (Å²) in [6.07, 6.45) is 11.8. The van der Waals surface area contributed by atoms with Gasteiger partial charge in [-0.05, 0) is 57.5 Å². The third-order valence-corrected chi connectivity index (χ3v) is 6.56. The van der Waals surface area contributed by atoms with Gasteiger partial charge in [0.05, 0.1) is 18.3 Å². The molecule has 1 aliphatic heterocycles. The molecule has 1 aromatic rings. The number of carbonyl (C=O) groups is 1. The first kappa shape index (κ1) is 17.0. The van der Waals surface area contributed by atoms with Gasteiger partial charge in [-0.25, -0.2) is 0 Å². The normalized spacial score (nSPS) is 30.2. The van der Waals surface area contributed by atoms with E-state index in [2.05, 4.69) is 15.3 Å². The van der Waals surface area contributed by atoms with Crippen LogP contribution in [-0.2, 0) is 11.8 Å². The first-order chi connectivity index (χ1) is 12.1. The summed E-state index contributed by atoms with van der Waals surface area (Å²) in [6, 6.07) is -0.0373. The Bertz CT molecular complexity index is 611. The Morgan fingerprint density at radius 2 is 1.96 bits per heavy atom. The number of nitrogens with zero attached hydrogens (tertiary/aromatic N) is 3. The van der Waals surface area contributed by atoms with E-state index in [0.717, 1.165) is 57.2 Å². The maximum Gasteiger partial charge on any atom is 0.241 e. The number of aromatic nitrogens is 2. The molecule has 4 rings (SSSR count). The van der Waals surface area contributed by atoms with Crippen LogP contribution in [0.1, 0.15) is 63.0 Å². The maximum atomic E-state index is 13.4. The Balaban J connectivity index is 1.54. The van der Waals surface area contributed by atoms with Gasteiger partial charge in [0.2, 0.25) is 5.91 Å². The average Bonchev–Trinajstić information content (AvgIpc) is 3.29. The predicted molar refractivity (Wildman–Crippen MR) is 94.8 cm³/mol. The van der Waals surface area contributed by atoms with Crippen LogP contribution in [-0.4, -0.2) is 50.4 Å². The van der Waals surface area contributed by atoms with E-state index in [-0.39, 0.29) is 23.6 Å². The summed E-state index contributed by atoms with van der Waals surface area (Å²) in [5, 5.41) is 17.4. The lowest BCUT2D eigenvalue weighted by molar-refractivity contribution is -0.135. The van der Waals surface area contributed by atoms with Crippen LogP contribution in [0, 0.1) is 5.92 Å². The quantitative estimate of drug-likeness (QED) is 0.852. The first-order valence-corrected chi connectivity index (χ1v) is 9.81. The fourth-order valence-electron chi connectivity index (χ4n) is 5.04. The average molecular weight is 346 g/mol. The topological polar surface area (TPSA) is 70.4 Å². The van der Waals surface area contributed by atoms with Gasteiger partial charge in [-0.15, -0.1) is 0 Å². The van der Waals surface area contributed by atoms with Crippen molar-refractivity contribution in [1.82, 2.24) is 20.0 Å². The molecule has 6 heteroatoms. The number of hydrogen-bond donors (Lipinski definition) is 2. The van der Waals surface area contributed by atoms with Gasteiger partial charge >= 0.3 is 0 Å². The number of aliphatic hydroxyl groups is 1. The second-order valence-electron chi connectivity index (χ2n) is 8.22. The van der Waals surface area contributed by atoms with Crippen molar-refractivity contribution in [1.29, 1.82) is 0 Å². The van der Waals surface area contributed by atoms with Crippen LogP contribution >= 0.6 is 0 Å². The molecule has 0 radical (unpaired) electrons. The molecule has 2 saturated carbocycles. The van der Waals surface area contributed by atoms with Crippen molar-refractivity contribution in [2.75, 3.05) is 13.1 Å². The van der Waals surface area contributed by atoms with Crippen molar-refractivity contribution in [3.63, 3.8) is 0 Å². The molecule has 138 valence electrons. The highest BCUT2D eigenvalue weighted by Gasteiger charge is 2.48. The number of hydrogen-bond acceptors (Lipinski definition) is 4. The van der Waals surface area contributed by atoms with Gasteiger partial charge in [-0.1, -0.05) is 12.8 Å². The Hall–Kier alpha value is -1.40. The Labute approximate surface area is 149 Å². The Morgan fingerprint density at radius 1 is 1.28 bits per heavy atom. The Morgan fingerprint density at radius 3 is 2.52 bits per heavy atom. The summed E-state index contributed by atoms with van der Waals surface area (Å²) in [5.74, 6) is 0.502. The monoisotopic (exact) mass is 346 g/mol. The van der Waals surface area contributed by atoms with Crippen LogP contribution in [0.15, 0.2) is 12.4 Å². The number of nitrogens with one attached hydrogen (secondary N) is 1. The molecular weight excluding hydrogens is 316 g/mol. The SMILES string of the molecule is Cn1cc(C(NC(=O)C2(N3CCCC3)CCCC2)C2CC(O)C2)cn1. The third-order valence-electron chi connectivity index (χ3n) is 6.56. The lowest BCUT2D eigenvalue weighted by atomic mass is 9.75. The molecule has 1 aromatic heterocycles. The number of aryl methyl sites for hydroxylation is 1. The zero-order valence-corrected chi connectivity index (χ0v) is 15.2. The summed E-state index contributed by atoms with van der Waals surface area (Å²) >= 11 is 0. The highest BCUT2D eigenvalue weighted by atomic mass is 16.3. The minimum Gasteiger partial charge on any atom is -0.393 e. The molecule has 3 fully saturated rings. The van der Waals surface area contributed by atoms with Gasteiger partial charge in [0.1, 0.15) is 5.54 Å². The van der Waals surface area contributed by atoms with Crippen LogP contribution < -0.4 is 5.32 Å². The van der Waals surface area contributed by atoms with Gasteiger partial charge in [-0.2, -0.15) is 5.10 Å². The number of amides is 1. The zero-order valence-electron chi connectivity index (χ0n) is 15.2. The van der Waals surface area contributed by atoms with Crippen molar-refractivity contribution in [3.05, 3.63) is 18.0 Å². The minimum absolute atomic E-state index is 0.0373. The van der Waals surface area contributed by atoms with E-state index in [1.54, 1.807) is 4.68 Å². The fraction of sp³-hybridized carbons (Fsp3) is 0.789. The predicted octanol–water partition coefficient (Wildman–Crippen LogP) is 1.76. The molecule has 3 aliphatic rings. The highest BCUT2D eigenvalue weighted by molar-refractivity contribution is 5.87. The molecule has 0 spiro atoms. The maximum absolute atomic E-state index is 13.4. The van der Waals surface area contributed by atoms with Gasteiger partial charge in [0.15, 0.2) is 0 Å². The first-order valence-electron chi connectivity index (χ1n) is 9.81. The molecular formula is C19H30N4O2. The van der Waals surface area contributed by atoms with Crippen molar-refractivity contribution in [2.45, 2.75) is 69.1 Å². The molecule has 1 atom stereocenters. The zero-order chi connectivity index (χ0) is 17.4. The second-order valence-corrected chi connectivity index (χ2v) is 8.22. The van der Waals surface area contributed by atoms with E-state index >= 15 is 0 Å². The molecule has 1 amide bonds. The number of likely N-dealkylation sites (tertiary alicyclic amines) is 1. The lowest BCUT2D eigenvalue weighted by Gasteiger charge is -2.42. The molecule has 1 unspecified atom stereocenters. The largest absolute Gasteiger partial charge is 0.393 e. The van der Waals surface area contributed by atoms with Gasteiger partial charge in [0.25, 0.3) is 0 Å². The summed E-state index contributed by atoms with van der Waals surface area (Å²) in [6.45, 7) is 2.10. The van der Waals surface area contributed by atoms with Crippen molar-refractivity contribution < 1.29 is 9.90 Å². The smallest absolute Gasteiger partial charge is 0.241 e. The molecule has 2 heterocycles. The van der Waals surface area contributed by atoms with E-state index in [1.807, 2.05) is 19.4 Å². The molecule has 1 saturated heterocycles. The highest BCUT2D eigenvalue weighted by Crippen LogP contribution is 2.41. The second kappa shape index (κ2) is 6.72. The van der Waals surface area contributed by atoms with Crippen molar-refractivity contribution >= 4 is 5.91 Å². The lowest BCUT2D eigenvalue weighted by Crippen LogP contribution is -2.58. The van der Waals surface area contributed by atoms with Gasteiger partial charge < -0.3 is 10.4 Å². The fourth-order valence-corrected chi connectivity index (χ4v) is 5.04. The summed E-state index contributed by atoms with van der Waals surface area (Å²) < 4.78 is 1.79. The Kier molecular flexibility index (Phi) is 4.58. The van der Waals surface area contributed by atoms with Crippen molar-refractivity contribution in [3.8, 4) is 0 Å².